The third-order valence-corrected chi connectivity index (χ3v) is 3.67. The predicted octanol–water partition coefficient (Wildman–Crippen LogP) is 3.22. The van der Waals surface area contributed by atoms with E-state index < -0.39 is 6.10 Å². The van der Waals surface area contributed by atoms with Crippen molar-refractivity contribution in [1.29, 1.82) is 0 Å². The predicted molar refractivity (Wildman–Crippen MR) is 98.3 cm³/mol. The molecule has 1 atom stereocenters. The van der Waals surface area contributed by atoms with Crippen LogP contribution >= 0.6 is 0 Å². The number of anilines is 2. The fraction of sp³-hybridized carbons (Fsp3) is 0.316. The van der Waals surface area contributed by atoms with Crippen molar-refractivity contribution in [2.24, 2.45) is 0 Å². The lowest BCUT2D eigenvalue weighted by atomic mass is 10.2. The summed E-state index contributed by atoms with van der Waals surface area (Å²) >= 11 is 0. The van der Waals surface area contributed by atoms with Crippen molar-refractivity contribution in [2.45, 2.75) is 26.0 Å². The van der Waals surface area contributed by atoms with Gasteiger partial charge in [0.05, 0.1) is 17.5 Å². The second kappa shape index (κ2) is 8.93. The van der Waals surface area contributed by atoms with Gasteiger partial charge in [-0.1, -0.05) is 42.5 Å². The number of nitrogens with zero attached hydrogens (tertiary/aromatic N) is 1. The zero-order valence-corrected chi connectivity index (χ0v) is 14.2. The molecule has 24 heavy (non-hydrogen) atoms. The van der Waals surface area contributed by atoms with Gasteiger partial charge in [0.15, 0.2) is 0 Å². The summed E-state index contributed by atoms with van der Waals surface area (Å²) in [5.74, 6) is 0. The van der Waals surface area contributed by atoms with Crippen LogP contribution < -0.4 is 15.5 Å². The maximum absolute atomic E-state index is 12.0. The number of urea groups is 1. The highest BCUT2D eigenvalue weighted by Gasteiger charge is 2.10. The van der Waals surface area contributed by atoms with E-state index in [0.717, 1.165) is 17.9 Å². The van der Waals surface area contributed by atoms with Gasteiger partial charge in [0.2, 0.25) is 0 Å². The van der Waals surface area contributed by atoms with Crippen molar-refractivity contribution in [3.63, 3.8) is 0 Å². The Labute approximate surface area is 143 Å². The van der Waals surface area contributed by atoms with Crippen molar-refractivity contribution < 1.29 is 9.90 Å². The molecule has 2 amide bonds. The third kappa shape index (κ3) is 5.59. The molecule has 2 aromatic rings. The van der Waals surface area contributed by atoms with Crippen LogP contribution in [-0.4, -0.2) is 30.8 Å². The number of amides is 2. The summed E-state index contributed by atoms with van der Waals surface area (Å²) in [5, 5.41) is 14.9. The highest BCUT2D eigenvalue weighted by Crippen LogP contribution is 2.25. The highest BCUT2D eigenvalue weighted by molar-refractivity contribution is 5.93. The zero-order chi connectivity index (χ0) is 17.4. The van der Waals surface area contributed by atoms with E-state index in [9.17, 15) is 9.90 Å². The molecule has 3 N–H and O–H groups in total. The number of aliphatic hydroxyl groups is 1. The lowest BCUT2D eigenvalue weighted by molar-refractivity contribution is 0.184. The molecule has 0 radical (unpaired) electrons. The van der Waals surface area contributed by atoms with E-state index in [2.05, 4.69) is 27.7 Å². The minimum absolute atomic E-state index is 0.267. The van der Waals surface area contributed by atoms with E-state index in [0.29, 0.717) is 13.0 Å². The van der Waals surface area contributed by atoms with Crippen LogP contribution in [0.15, 0.2) is 54.6 Å². The lowest BCUT2D eigenvalue weighted by Crippen LogP contribution is -2.31. The normalized spacial score (nSPS) is 11.6. The van der Waals surface area contributed by atoms with Crippen LogP contribution in [0.1, 0.15) is 18.9 Å². The third-order valence-electron chi connectivity index (χ3n) is 3.67. The fourth-order valence-electron chi connectivity index (χ4n) is 2.42. The molecule has 5 heteroatoms. The Kier molecular flexibility index (Phi) is 6.63. The number of benzene rings is 2. The fourth-order valence-corrected chi connectivity index (χ4v) is 2.42. The summed E-state index contributed by atoms with van der Waals surface area (Å²) in [4.78, 5) is 14.1. The van der Waals surface area contributed by atoms with Gasteiger partial charge in [-0.05, 0) is 31.0 Å². The van der Waals surface area contributed by atoms with Gasteiger partial charge in [-0.25, -0.2) is 4.79 Å². The van der Waals surface area contributed by atoms with Crippen LogP contribution in [0.25, 0.3) is 0 Å². The monoisotopic (exact) mass is 327 g/mol. The molecule has 0 aliphatic carbocycles. The van der Waals surface area contributed by atoms with Gasteiger partial charge in [-0.15, -0.1) is 0 Å². The van der Waals surface area contributed by atoms with Crippen LogP contribution in [0, 0.1) is 0 Å². The Morgan fingerprint density at radius 2 is 1.79 bits per heavy atom. The molecule has 0 spiro atoms. The van der Waals surface area contributed by atoms with Crippen molar-refractivity contribution in [3.8, 4) is 0 Å². The Morgan fingerprint density at radius 1 is 1.12 bits per heavy atom. The van der Waals surface area contributed by atoms with E-state index in [1.165, 1.54) is 5.56 Å². The Hall–Kier alpha value is -2.53. The number of nitrogens with one attached hydrogen (secondary N) is 2. The van der Waals surface area contributed by atoms with E-state index in [1.807, 2.05) is 49.5 Å². The molecule has 0 fully saturated rings. The molecule has 0 aromatic heterocycles. The first-order valence-corrected chi connectivity index (χ1v) is 8.13. The Bertz CT molecular complexity index is 644. The summed E-state index contributed by atoms with van der Waals surface area (Å²) in [6.07, 6.45) is 0.109. The smallest absolute Gasteiger partial charge is 0.319 e. The summed E-state index contributed by atoms with van der Waals surface area (Å²) in [6.45, 7) is 2.89. The van der Waals surface area contributed by atoms with Crippen molar-refractivity contribution >= 4 is 17.4 Å². The summed E-state index contributed by atoms with van der Waals surface area (Å²) in [5.41, 5.74) is 2.91. The molecule has 0 saturated carbocycles. The lowest BCUT2D eigenvalue weighted by Gasteiger charge is -2.23. The standard InChI is InChI=1S/C19H25N3O2/c1-15(23)12-13-20-19(24)21-17-10-6-7-11-18(17)22(2)14-16-8-4-3-5-9-16/h3-11,15,23H,12-14H2,1-2H3,(H2,20,21,24). The van der Waals surface area contributed by atoms with E-state index in [1.54, 1.807) is 6.92 Å². The topological polar surface area (TPSA) is 64.6 Å². The molecule has 2 aromatic carbocycles. The van der Waals surface area contributed by atoms with Gasteiger partial charge >= 0.3 is 6.03 Å². The van der Waals surface area contributed by atoms with Gasteiger partial charge in [-0.3, -0.25) is 0 Å². The molecule has 0 aliphatic heterocycles. The van der Waals surface area contributed by atoms with E-state index in [-0.39, 0.29) is 6.03 Å². The molecule has 0 heterocycles. The minimum Gasteiger partial charge on any atom is -0.393 e. The summed E-state index contributed by atoms with van der Waals surface area (Å²) < 4.78 is 0. The quantitative estimate of drug-likeness (QED) is 0.731. The highest BCUT2D eigenvalue weighted by atomic mass is 16.3. The van der Waals surface area contributed by atoms with E-state index in [4.69, 9.17) is 0 Å². The second-order valence-electron chi connectivity index (χ2n) is 5.88. The number of hydrogen-bond acceptors (Lipinski definition) is 3. The largest absolute Gasteiger partial charge is 0.393 e. The molecular formula is C19H25N3O2. The number of rotatable bonds is 7. The average Bonchev–Trinajstić information content (AvgIpc) is 2.56. The summed E-state index contributed by atoms with van der Waals surface area (Å²) in [6, 6.07) is 17.6. The summed E-state index contributed by atoms with van der Waals surface area (Å²) in [7, 11) is 2.00. The molecule has 0 saturated heterocycles. The zero-order valence-electron chi connectivity index (χ0n) is 14.2. The van der Waals surface area contributed by atoms with Crippen LogP contribution in [0.5, 0.6) is 0 Å². The first kappa shape index (κ1) is 17.8. The van der Waals surface area contributed by atoms with Gasteiger partial charge in [0, 0.05) is 20.1 Å². The van der Waals surface area contributed by atoms with Crippen LogP contribution in [0.4, 0.5) is 16.2 Å². The Morgan fingerprint density at radius 3 is 2.50 bits per heavy atom. The van der Waals surface area contributed by atoms with Gasteiger partial charge in [-0.2, -0.15) is 0 Å². The van der Waals surface area contributed by atoms with Gasteiger partial charge in [0.25, 0.3) is 0 Å². The SMILES string of the molecule is CC(O)CCNC(=O)Nc1ccccc1N(C)Cc1ccccc1. The second-order valence-corrected chi connectivity index (χ2v) is 5.88. The average molecular weight is 327 g/mol. The molecular weight excluding hydrogens is 302 g/mol. The molecule has 2 rings (SSSR count). The number of hydrogen-bond donors (Lipinski definition) is 3. The van der Waals surface area contributed by atoms with Crippen LogP contribution in [-0.2, 0) is 6.54 Å². The van der Waals surface area contributed by atoms with Crippen molar-refractivity contribution in [3.05, 3.63) is 60.2 Å². The molecule has 5 nitrogen and oxygen atoms in total. The van der Waals surface area contributed by atoms with Gasteiger partial charge < -0.3 is 20.6 Å². The Balaban J connectivity index is 2.00. The minimum atomic E-state index is -0.422. The molecule has 0 aliphatic rings. The van der Waals surface area contributed by atoms with E-state index >= 15 is 0 Å². The maximum Gasteiger partial charge on any atom is 0.319 e. The van der Waals surface area contributed by atoms with Crippen LogP contribution in [0.2, 0.25) is 0 Å². The van der Waals surface area contributed by atoms with Crippen LogP contribution in [0.3, 0.4) is 0 Å². The number of carbonyl (C=O) groups is 1. The molecule has 0 bridgehead atoms. The number of carbonyl (C=O) groups excluding carboxylic acids is 1. The maximum atomic E-state index is 12.0. The van der Waals surface area contributed by atoms with Crippen molar-refractivity contribution in [2.75, 3.05) is 23.8 Å². The first-order chi connectivity index (χ1) is 11.6. The first-order valence-electron chi connectivity index (χ1n) is 8.13. The van der Waals surface area contributed by atoms with Crippen molar-refractivity contribution in [1.82, 2.24) is 5.32 Å². The molecule has 128 valence electrons. The number of aliphatic hydroxyl groups excluding tert-OH is 1. The molecule has 1 unspecified atom stereocenters. The number of para-hydroxylation sites is 2. The van der Waals surface area contributed by atoms with Gasteiger partial charge in [0.1, 0.15) is 0 Å².